The highest BCUT2D eigenvalue weighted by Crippen LogP contribution is 2.28. The molecule has 1 atom stereocenters. The van der Waals surface area contributed by atoms with E-state index < -0.39 is 0 Å². The lowest BCUT2D eigenvalue weighted by Crippen LogP contribution is -2.25. The summed E-state index contributed by atoms with van der Waals surface area (Å²) in [7, 11) is 0. The van der Waals surface area contributed by atoms with Crippen molar-refractivity contribution in [3.63, 3.8) is 0 Å². The summed E-state index contributed by atoms with van der Waals surface area (Å²) in [6.45, 7) is 10.3. The molecule has 1 unspecified atom stereocenters. The summed E-state index contributed by atoms with van der Waals surface area (Å²) < 4.78 is 0. The largest absolute Gasteiger partial charge is 0.390 e. The first-order chi connectivity index (χ1) is 13.2. The van der Waals surface area contributed by atoms with Crippen LogP contribution in [0.25, 0.3) is 0 Å². The van der Waals surface area contributed by atoms with Gasteiger partial charge in [-0.15, -0.1) is 0 Å². The number of rotatable bonds is 6. The third-order valence-corrected chi connectivity index (χ3v) is 5.19. The van der Waals surface area contributed by atoms with E-state index in [0.717, 1.165) is 31.5 Å². The molecular formula is C25H30N2. The first-order valence-electron chi connectivity index (χ1n) is 9.83. The standard InChI is InChI=1S/C25H30N2/c1-4-21-10-12-22(13-11-21)18-27-25(23-8-6-5-7-9-23)24-14-15-26-17-20(3)19(2)16-24/h5-13,16-17,25-27H,2,4,14-15,18H2,1,3H3/b20-17-,24-16+. The second-order valence-corrected chi connectivity index (χ2v) is 7.17. The van der Waals surface area contributed by atoms with Gasteiger partial charge in [-0.2, -0.15) is 0 Å². The van der Waals surface area contributed by atoms with E-state index in [0.29, 0.717) is 0 Å². The van der Waals surface area contributed by atoms with Gasteiger partial charge in [-0.3, -0.25) is 0 Å². The van der Waals surface area contributed by atoms with Crippen LogP contribution in [-0.4, -0.2) is 6.54 Å². The first-order valence-corrected chi connectivity index (χ1v) is 9.83. The molecule has 1 heterocycles. The molecule has 0 bridgehead atoms. The third-order valence-electron chi connectivity index (χ3n) is 5.19. The SMILES string of the molecule is C=C1/C=C(/C(NCc2ccc(CC)cc2)c2ccccc2)CCN/C=C\1C. The molecule has 0 radical (unpaired) electrons. The summed E-state index contributed by atoms with van der Waals surface area (Å²) >= 11 is 0. The second kappa shape index (κ2) is 9.38. The van der Waals surface area contributed by atoms with Crippen molar-refractivity contribution in [1.82, 2.24) is 10.6 Å². The highest BCUT2D eigenvalue weighted by molar-refractivity contribution is 5.42. The molecule has 0 spiro atoms. The molecule has 0 saturated carbocycles. The number of hydrogen-bond acceptors (Lipinski definition) is 2. The fraction of sp³-hybridized carbons (Fsp3) is 0.280. The molecule has 2 aromatic carbocycles. The predicted octanol–water partition coefficient (Wildman–Crippen LogP) is 5.46. The minimum absolute atomic E-state index is 0.182. The van der Waals surface area contributed by atoms with E-state index in [4.69, 9.17) is 0 Å². The molecule has 1 aliphatic rings. The van der Waals surface area contributed by atoms with Crippen molar-refractivity contribution >= 4 is 0 Å². The van der Waals surface area contributed by atoms with Crippen molar-refractivity contribution in [2.75, 3.05) is 6.54 Å². The molecule has 0 aromatic heterocycles. The highest BCUT2D eigenvalue weighted by Gasteiger charge is 2.17. The van der Waals surface area contributed by atoms with Crippen LogP contribution in [0, 0.1) is 0 Å². The average Bonchev–Trinajstić information content (AvgIpc) is 2.71. The number of benzene rings is 2. The molecule has 2 heteroatoms. The average molecular weight is 359 g/mol. The van der Waals surface area contributed by atoms with Gasteiger partial charge >= 0.3 is 0 Å². The van der Waals surface area contributed by atoms with Crippen molar-refractivity contribution in [3.8, 4) is 0 Å². The molecule has 2 nitrogen and oxygen atoms in total. The normalized spacial score (nSPS) is 19.7. The monoisotopic (exact) mass is 358 g/mol. The second-order valence-electron chi connectivity index (χ2n) is 7.17. The Morgan fingerprint density at radius 3 is 2.44 bits per heavy atom. The Morgan fingerprint density at radius 2 is 1.74 bits per heavy atom. The fourth-order valence-electron chi connectivity index (χ4n) is 3.39. The molecule has 0 aliphatic carbocycles. The van der Waals surface area contributed by atoms with Gasteiger partial charge in [0.15, 0.2) is 0 Å². The van der Waals surface area contributed by atoms with E-state index in [1.807, 2.05) is 0 Å². The van der Waals surface area contributed by atoms with Crippen LogP contribution < -0.4 is 10.6 Å². The van der Waals surface area contributed by atoms with E-state index in [2.05, 4.69) is 97.9 Å². The van der Waals surface area contributed by atoms with Crippen molar-refractivity contribution in [1.29, 1.82) is 0 Å². The van der Waals surface area contributed by atoms with Crippen LogP contribution in [0.15, 0.2) is 90.2 Å². The molecule has 3 rings (SSSR count). The van der Waals surface area contributed by atoms with Gasteiger partial charge in [0.05, 0.1) is 6.04 Å². The lowest BCUT2D eigenvalue weighted by atomic mass is 9.92. The Morgan fingerprint density at radius 1 is 1.04 bits per heavy atom. The summed E-state index contributed by atoms with van der Waals surface area (Å²) in [5, 5.41) is 7.19. The minimum atomic E-state index is 0.182. The van der Waals surface area contributed by atoms with Gasteiger partial charge in [-0.05, 0) is 59.4 Å². The number of nitrogens with one attached hydrogen (secondary N) is 2. The van der Waals surface area contributed by atoms with Crippen molar-refractivity contribution in [2.45, 2.75) is 39.3 Å². The van der Waals surface area contributed by atoms with Crippen molar-refractivity contribution in [3.05, 3.63) is 107 Å². The van der Waals surface area contributed by atoms with E-state index in [1.165, 1.54) is 27.8 Å². The lowest BCUT2D eigenvalue weighted by Gasteiger charge is -2.25. The first kappa shape index (κ1) is 19.2. The molecule has 0 fully saturated rings. The van der Waals surface area contributed by atoms with Crippen LogP contribution in [0.2, 0.25) is 0 Å². The van der Waals surface area contributed by atoms with E-state index in [1.54, 1.807) is 0 Å². The number of allylic oxidation sites excluding steroid dienone is 3. The molecule has 0 saturated heterocycles. The summed E-state index contributed by atoms with van der Waals surface area (Å²) in [5.74, 6) is 0. The Kier molecular flexibility index (Phi) is 6.67. The summed E-state index contributed by atoms with van der Waals surface area (Å²) in [6, 6.07) is 19.8. The summed E-state index contributed by atoms with van der Waals surface area (Å²) in [4.78, 5) is 0. The van der Waals surface area contributed by atoms with Crippen LogP contribution in [0.1, 0.15) is 43.0 Å². The lowest BCUT2D eigenvalue weighted by molar-refractivity contribution is 0.572. The maximum Gasteiger partial charge on any atom is 0.0542 e. The zero-order chi connectivity index (χ0) is 19.1. The molecule has 140 valence electrons. The Bertz CT molecular complexity index is 813. The van der Waals surface area contributed by atoms with Gasteiger partial charge in [0.1, 0.15) is 0 Å². The van der Waals surface area contributed by atoms with E-state index in [-0.39, 0.29) is 6.04 Å². The van der Waals surface area contributed by atoms with Crippen LogP contribution >= 0.6 is 0 Å². The zero-order valence-corrected chi connectivity index (χ0v) is 16.5. The van der Waals surface area contributed by atoms with Gasteiger partial charge in [0.2, 0.25) is 0 Å². The molecule has 27 heavy (non-hydrogen) atoms. The van der Waals surface area contributed by atoms with Crippen LogP contribution in [0.5, 0.6) is 0 Å². The fourth-order valence-corrected chi connectivity index (χ4v) is 3.39. The zero-order valence-electron chi connectivity index (χ0n) is 16.5. The van der Waals surface area contributed by atoms with E-state index in [9.17, 15) is 0 Å². The Balaban J connectivity index is 1.84. The van der Waals surface area contributed by atoms with Gasteiger partial charge in [0, 0.05) is 13.1 Å². The minimum Gasteiger partial charge on any atom is -0.390 e. The molecule has 1 aliphatic heterocycles. The maximum absolute atomic E-state index is 4.25. The van der Waals surface area contributed by atoms with Crippen molar-refractivity contribution < 1.29 is 0 Å². The van der Waals surface area contributed by atoms with Crippen LogP contribution in [0.3, 0.4) is 0 Å². The van der Waals surface area contributed by atoms with Crippen LogP contribution in [0.4, 0.5) is 0 Å². The van der Waals surface area contributed by atoms with Gasteiger partial charge in [-0.25, -0.2) is 0 Å². The number of hydrogen-bond donors (Lipinski definition) is 2. The van der Waals surface area contributed by atoms with Gasteiger partial charge in [-0.1, -0.05) is 74.2 Å². The Labute approximate surface area is 163 Å². The molecule has 2 N–H and O–H groups in total. The highest BCUT2D eigenvalue weighted by atomic mass is 14.9. The topological polar surface area (TPSA) is 24.1 Å². The maximum atomic E-state index is 4.25. The Hall–Kier alpha value is -2.58. The quantitative estimate of drug-likeness (QED) is 0.716. The van der Waals surface area contributed by atoms with E-state index >= 15 is 0 Å². The number of aryl methyl sites for hydroxylation is 1. The third kappa shape index (κ3) is 5.21. The molecule has 2 aromatic rings. The van der Waals surface area contributed by atoms with Gasteiger partial charge in [0.25, 0.3) is 0 Å². The van der Waals surface area contributed by atoms with Crippen molar-refractivity contribution in [2.24, 2.45) is 0 Å². The molecular weight excluding hydrogens is 328 g/mol. The smallest absolute Gasteiger partial charge is 0.0542 e. The predicted molar refractivity (Wildman–Crippen MR) is 115 cm³/mol. The molecule has 0 amide bonds. The van der Waals surface area contributed by atoms with Gasteiger partial charge < -0.3 is 10.6 Å². The summed E-state index contributed by atoms with van der Waals surface area (Å²) in [6.07, 6.45) is 6.40. The van der Waals surface area contributed by atoms with Crippen LogP contribution in [-0.2, 0) is 13.0 Å². The summed E-state index contributed by atoms with van der Waals surface area (Å²) in [5.41, 5.74) is 7.62.